The minimum atomic E-state index is -0.651. The number of anilines is 2. The van der Waals surface area contributed by atoms with Crippen LogP contribution in [0.25, 0.3) is 11.1 Å². The topological polar surface area (TPSA) is 112 Å². The van der Waals surface area contributed by atoms with Crippen molar-refractivity contribution in [1.82, 2.24) is 4.98 Å². The molecular formula is C25H20BrN5O3. The Bertz CT molecular complexity index is 1400. The summed E-state index contributed by atoms with van der Waals surface area (Å²) in [6, 6.07) is 21.1. The molecule has 0 spiro atoms. The molecule has 0 fully saturated rings. The van der Waals surface area contributed by atoms with Crippen molar-refractivity contribution in [1.29, 1.82) is 0 Å². The van der Waals surface area contributed by atoms with E-state index in [2.05, 4.69) is 36.5 Å². The smallest absolute Gasteiger partial charge is 0.302 e. The largest absolute Gasteiger partial charge is 0.508 e. The van der Waals surface area contributed by atoms with Crippen molar-refractivity contribution in [2.45, 2.75) is 13.0 Å². The molecule has 5 rings (SSSR count). The predicted molar refractivity (Wildman–Crippen MR) is 135 cm³/mol. The molecule has 0 bridgehead atoms. The lowest BCUT2D eigenvalue weighted by Crippen LogP contribution is -2.37. The van der Waals surface area contributed by atoms with E-state index in [0.29, 0.717) is 22.9 Å². The number of oxazole rings is 1. The fraction of sp³-hybridized carbons (Fsp3) is 0.120. The Balaban J connectivity index is 1.48. The molecule has 1 aliphatic heterocycles. The van der Waals surface area contributed by atoms with E-state index < -0.39 is 12.0 Å². The second-order valence-electron chi connectivity index (χ2n) is 7.80. The number of benzene rings is 3. The number of phenols is 1. The number of para-hydroxylation sites is 2. The van der Waals surface area contributed by atoms with Gasteiger partial charge in [-0.25, -0.2) is 9.98 Å². The molecule has 34 heavy (non-hydrogen) atoms. The van der Waals surface area contributed by atoms with Crippen molar-refractivity contribution in [2.75, 3.05) is 10.6 Å². The van der Waals surface area contributed by atoms with Crippen LogP contribution in [0, 0.1) is 5.92 Å². The summed E-state index contributed by atoms with van der Waals surface area (Å²) in [6.07, 6.45) is 0. The summed E-state index contributed by atoms with van der Waals surface area (Å²) in [7, 11) is 0. The van der Waals surface area contributed by atoms with Gasteiger partial charge in [-0.15, -0.1) is 0 Å². The maximum absolute atomic E-state index is 13.4. The molecule has 0 saturated heterocycles. The number of nitrogens with one attached hydrogen (secondary N) is 2. The summed E-state index contributed by atoms with van der Waals surface area (Å²) < 4.78 is 6.59. The highest BCUT2D eigenvalue weighted by Crippen LogP contribution is 2.36. The second-order valence-corrected chi connectivity index (χ2v) is 8.65. The highest BCUT2D eigenvalue weighted by molar-refractivity contribution is 9.10. The number of aromatic nitrogens is 1. The van der Waals surface area contributed by atoms with Crippen molar-refractivity contribution in [2.24, 2.45) is 15.9 Å². The zero-order chi connectivity index (χ0) is 23.7. The van der Waals surface area contributed by atoms with Crippen molar-refractivity contribution in [3.05, 3.63) is 82.8 Å². The van der Waals surface area contributed by atoms with E-state index in [1.165, 1.54) is 12.1 Å². The molecule has 0 saturated carbocycles. The normalized spacial score (nSPS) is 17.7. The molecule has 4 aromatic rings. The number of aromatic hydroxyl groups is 1. The quantitative estimate of drug-likeness (QED) is 0.308. The molecule has 2 heterocycles. The maximum Gasteiger partial charge on any atom is 0.302 e. The summed E-state index contributed by atoms with van der Waals surface area (Å²) in [5.41, 5.74) is 3.37. The van der Waals surface area contributed by atoms with Crippen LogP contribution in [0.15, 0.2) is 91.7 Å². The summed E-state index contributed by atoms with van der Waals surface area (Å²) in [5.74, 6) is -0.475. The summed E-state index contributed by atoms with van der Waals surface area (Å²) in [5, 5.41) is 15.5. The third kappa shape index (κ3) is 4.42. The molecule has 1 amide bonds. The third-order valence-corrected chi connectivity index (χ3v) is 6.19. The van der Waals surface area contributed by atoms with Crippen LogP contribution < -0.4 is 10.6 Å². The SMILES string of the molecule is CC1=NC(Nc2nc3ccccc3o2)=NC(c2ccccc2Br)C1C(=O)Nc1ccc(O)cc1. The first-order valence-electron chi connectivity index (χ1n) is 10.6. The molecule has 1 aliphatic rings. The van der Waals surface area contributed by atoms with E-state index in [-0.39, 0.29) is 17.7 Å². The Morgan fingerprint density at radius 1 is 1.03 bits per heavy atom. The molecule has 3 N–H and O–H groups in total. The Hall–Kier alpha value is -3.98. The lowest BCUT2D eigenvalue weighted by Gasteiger charge is -2.28. The first-order chi connectivity index (χ1) is 16.5. The number of hydrogen-bond donors (Lipinski definition) is 3. The lowest BCUT2D eigenvalue weighted by molar-refractivity contribution is -0.118. The number of phenolic OH excluding ortho intramolecular Hbond substituents is 1. The van der Waals surface area contributed by atoms with Gasteiger partial charge in [0.25, 0.3) is 0 Å². The number of carbonyl (C=O) groups is 1. The van der Waals surface area contributed by atoms with Crippen LogP contribution >= 0.6 is 15.9 Å². The third-order valence-electron chi connectivity index (χ3n) is 5.46. The molecule has 170 valence electrons. The number of halogens is 1. The van der Waals surface area contributed by atoms with E-state index in [1.54, 1.807) is 19.1 Å². The first kappa shape index (κ1) is 21.8. The van der Waals surface area contributed by atoms with Crippen LogP contribution in [0.4, 0.5) is 11.7 Å². The Labute approximate surface area is 203 Å². The van der Waals surface area contributed by atoms with Crippen molar-refractivity contribution < 1.29 is 14.3 Å². The summed E-state index contributed by atoms with van der Waals surface area (Å²) in [4.78, 5) is 27.1. The highest BCUT2D eigenvalue weighted by atomic mass is 79.9. The molecular weight excluding hydrogens is 498 g/mol. The van der Waals surface area contributed by atoms with Crippen LogP contribution in [-0.2, 0) is 4.79 Å². The van der Waals surface area contributed by atoms with Gasteiger partial charge in [-0.05, 0) is 55.0 Å². The average molecular weight is 518 g/mol. The van der Waals surface area contributed by atoms with Gasteiger partial charge in [0.15, 0.2) is 5.58 Å². The van der Waals surface area contributed by atoms with Gasteiger partial charge in [-0.3, -0.25) is 10.1 Å². The van der Waals surface area contributed by atoms with Gasteiger partial charge in [0.2, 0.25) is 11.9 Å². The van der Waals surface area contributed by atoms with Gasteiger partial charge >= 0.3 is 6.01 Å². The van der Waals surface area contributed by atoms with E-state index >= 15 is 0 Å². The van der Waals surface area contributed by atoms with Gasteiger partial charge in [0.1, 0.15) is 17.2 Å². The van der Waals surface area contributed by atoms with Gasteiger partial charge in [0, 0.05) is 15.9 Å². The number of carbonyl (C=O) groups excluding carboxylic acids is 1. The van der Waals surface area contributed by atoms with Crippen LogP contribution in [0.1, 0.15) is 18.5 Å². The number of nitrogens with zero attached hydrogens (tertiary/aromatic N) is 3. The number of amides is 1. The molecule has 2 unspecified atom stereocenters. The molecule has 1 aromatic heterocycles. The second kappa shape index (κ2) is 9.11. The minimum absolute atomic E-state index is 0.124. The Morgan fingerprint density at radius 2 is 1.76 bits per heavy atom. The zero-order valence-corrected chi connectivity index (χ0v) is 19.7. The number of aliphatic imine (C=N–C) groups is 2. The van der Waals surface area contributed by atoms with Crippen LogP contribution in [0.5, 0.6) is 5.75 Å². The summed E-state index contributed by atoms with van der Waals surface area (Å²) >= 11 is 3.59. The first-order valence-corrected chi connectivity index (χ1v) is 11.4. The molecule has 0 radical (unpaired) electrons. The number of rotatable bonds is 4. The maximum atomic E-state index is 13.4. The van der Waals surface area contributed by atoms with Crippen LogP contribution in [0.3, 0.4) is 0 Å². The highest BCUT2D eigenvalue weighted by Gasteiger charge is 2.36. The van der Waals surface area contributed by atoms with Crippen molar-refractivity contribution in [3.63, 3.8) is 0 Å². The van der Waals surface area contributed by atoms with Gasteiger partial charge < -0.3 is 14.8 Å². The van der Waals surface area contributed by atoms with Gasteiger partial charge in [-0.1, -0.05) is 46.3 Å². The minimum Gasteiger partial charge on any atom is -0.508 e. The van der Waals surface area contributed by atoms with E-state index in [9.17, 15) is 9.90 Å². The molecule has 3 aromatic carbocycles. The van der Waals surface area contributed by atoms with Gasteiger partial charge in [0.05, 0.1) is 6.04 Å². The van der Waals surface area contributed by atoms with Crippen molar-refractivity contribution in [3.8, 4) is 5.75 Å². The molecule has 9 heteroatoms. The van der Waals surface area contributed by atoms with Crippen molar-refractivity contribution >= 4 is 56.3 Å². The Kier molecular flexibility index (Phi) is 5.85. The van der Waals surface area contributed by atoms with E-state index in [4.69, 9.17) is 9.41 Å². The number of hydrogen-bond acceptors (Lipinski definition) is 7. The predicted octanol–water partition coefficient (Wildman–Crippen LogP) is 5.53. The fourth-order valence-corrected chi connectivity index (χ4v) is 4.36. The van der Waals surface area contributed by atoms with Crippen LogP contribution in [-0.4, -0.2) is 27.7 Å². The Morgan fingerprint density at radius 3 is 2.53 bits per heavy atom. The fourth-order valence-electron chi connectivity index (χ4n) is 3.84. The zero-order valence-electron chi connectivity index (χ0n) is 18.1. The van der Waals surface area contributed by atoms with Gasteiger partial charge in [-0.2, -0.15) is 4.98 Å². The molecule has 0 aliphatic carbocycles. The number of guanidine groups is 1. The average Bonchev–Trinajstić information content (AvgIpc) is 3.22. The molecule has 8 nitrogen and oxygen atoms in total. The number of fused-ring (bicyclic) bond motifs is 1. The van der Waals surface area contributed by atoms with E-state index in [0.717, 1.165) is 15.6 Å². The summed E-state index contributed by atoms with van der Waals surface area (Å²) in [6.45, 7) is 1.80. The van der Waals surface area contributed by atoms with E-state index in [1.807, 2.05) is 48.5 Å². The standard InChI is InChI=1S/C25H20BrN5O3/c1-14-21(23(33)28-15-10-12-16(32)13-11-15)22(17-6-2-3-7-18(17)26)30-24(27-14)31-25-29-19-8-4-5-9-20(19)34-25/h2-13,21-22,32H,1H3,(H,28,33)(H,29,30,31). The molecule has 2 atom stereocenters. The lowest BCUT2D eigenvalue weighted by atomic mass is 9.88. The monoisotopic (exact) mass is 517 g/mol. The van der Waals surface area contributed by atoms with Crippen LogP contribution in [0.2, 0.25) is 0 Å².